The maximum absolute atomic E-state index is 5.54. The van der Waals surface area contributed by atoms with Gasteiger partial charge in [0.1, 0.15) is 24.0 Å². The number of nitrogens with one attached hydrogen (secondary N) is 1. The maximum atomic E-state index is 5.54. The zero-order valence-electron chi connectivity index (χ0n) is 7.62. The van der Waals surface area contributed by atoms with E-state index < -0.39 is 0 Å². The molecule has 0 bridgehead atoms. The molecule has 3 rings (SSSR count). The number of rotatable bonds is 1. The molecule has 0 atom stereocenters. The van der Waals surface area contributed by atoms with Crippen LogP contribution in [0.1, 0.15) is 0 Å². The quantitative estimate of drug-likeness (QED) is 0.582. The third-order valence-corrected chi connectivity index (χ3v) is 2.02. The van der Waals surface area contributed by atoms with Crippen molar-refractivity contribution in [2.24, 2.45) is 0 Å². The Hall–Kier alpha value is -2.44. The van der Waals surface area contributed by atoms with Crippen molar-refractivity contribution in [2.75, 3.05) is 5.73 Å². The van der Waals surface area contributed by atoms with Gasteiger partial charge in [0.15, 0.2) is 5.65 Å². The molecule has 0 aliphatic carbocycles. The third kappa shape index (κ3) is 1.13. The number of fused-ring (bicyclic) bond motifs is 1. The predicted molar refractivity (Wildman–Crippen MR) is 53.2 cm³/mol. The molecule has 15 heavy (non-hydrogen) atoms. The number of anilines is 1. The van der Waals surface area contributed by atoms with Gasteiger partial charge in [-0.1, -0.05) is 0 Å². The van der Waals surface area contributed by atoms with E-state index in [4.69, 9.17) is 5.73 Å². The number of H-pyrrole nitrogens is 1. The number of nitrogen functional groups attached to an aromatic ring is 1. The van der Waals surface area contributed by atoms with Crippen LogP contribution in [0.5, 0.6) is 0 Å². The summed E-state index contributed by atoms with van der Waals surface area (Å²) >= 11 is 0. The summed E-state index contributed by atoms with van der Waals surface area (Å²) in [5, 5.41) is 0. The van der Waals surface area contributed by atoms with E-state index in [1.807, 2.05) is 0 Å². The highest BCUT2D eigenvalue weighted by Gasteiger charge is 2.07. The van der Waals surface area contributed by atoms with Crippen molar-refractivity contribution >= 4 is 17.0 Å². The lowest BCUT2D eigenvalue weighted by Gasteiger charge is -1.96. The van der Waals surface area contributed by atoms with Crippen molar-refractivity contribution in [3.8, 4) is 5.95 Å². The minimum atomic E-state index is 0.501. The third-order valence-electron chi connectivity index (χ3n) is 2.02. The largest absolute Gasteiger partial charge is 0.384 e. The molecule has 7 heteroatoms. The Morgan fingerprint density at radius 1 is 1.20 bits per heavy atom. The Bertz CT molecular complexity index is 608. The van der Waals surface area contributed by atoms with Crippen LogP contribution in [0, 0.1) is 0 Å². The molecule has 3 heterocycles. The zero-order valence-corrected chi connectivity index (χ0v) is 7.62. The van der Waals surface area contributed by atoms with Gasteiger partial charge in [0.25, 0.3) is 0 Å². The van der Waals surface area contributed by atoms with E-state index in [1.165, 1.54) is 6.33 Å². The molecule has 0 saturated carbocycles. The van der Waals surface area contributed by atoms with Gasteiger partial charge in [0, 0.05) is 0 Å². The number of hydrogen-bond acceptors (Lipinski definition) is 5. The molecule has 0 unspecified atom stereocenters. The summed E-state index contributed by atoms with van der Waals surface area (Å²) in [5.74, 6) is 1.09. The highest BCUT2D eigenvalue weighted by molar-refractivity contribution is 5.70. The van der Waals surface area contributed by atoms with Crippen LogP contribution in [0.25, 0.3) is 17.1 Å². The Balaban J connectivity index is 2.27. The van der Waals surface area contributed by atoms with E-state index in [9.17, 15) is 0 Å². The topological polar surface area (TPSA) is 98.3 Å². The fourth-order valence-electron chi connectivity index (χ4n) is 1.37. The fourth-order valence-corrected chi connectivity index (χ4v) is 1.37. The first kappa shape index (κ1) is 7.92. The van der Waals surface area contributed by atoms with Gasteiger partial charge < -0.3 is 10.7 Å². The molecule has 0 aliphatic heterocycles. The summed E-state index contributed by atoms with van der Waals surface area (Å²) in [6.45, 7) is 0. The van der Waals surface area contributed by atoms with Crippen LogP contribution in [0.15, 0.2) is 25.0 Å². The molecule has 7 nitrogen and oxygen atoms in total. The lowest BCUT2D eigenvalue weighted by atomic mass is 10.5. The summed E-state index contributed by atoms with van der Waals surface area (Å²) in [5.41, 5.74) is 6.95. The van der Waals surface area contributed by atoms with Crippen LogP contribution in [-0.2, 0) is 0 Å². The van der Waals surface area contributed by atoms with Crippen LogP contribution in [0.2, 0.25) is 0 Å². The van der Waals surface area contributed by atoms with E-state index in [0.717, 1.165) is 0 Å². The Morgan fingerprint density at radius 3 is 2.93 bits per heavy atom. The summed E-state index contributed by atoms with van der Waals surface area (Å²) in [7, 11) is 0. The van der Waals surface area contributed by atoms with E-state index in [1.54, 1.807) is 23.3 Å². The van der Waals surface area contributed by atoms with Crippen LogP contribution in [-0.4, -0.2) is 29.5 Å². The van der Waals surface area contributed by atoms with Crippen molar-refractivity contribution in [3.63, 3.8) is 0 Å². The summed E-state index contributed by atoms with van der Waals surface area (Å²) < 4.78 is 1.72. The number of nitrogens with two attached hydrogens (primary N) is 1. The summed E-state index contributed by atoms with van der Waals surface area (Å²) in [6, 6.07) is 0. The number of aromatic nitrogens is 6. The molecular weight excluding hydrogens is 194 g/mol. The van der Waals surface area contributed by atoms with E-state index in [-0.39, 0.29) is 0 Å². The van der Waals surface area contributed by atoms with Crippen molar-refractivity contribution in [3.05, 3.63) is 25.0 Å². The van der Waals surface area contributed by atoms with Gasteiger partial charge in [0.05, 0.1) is 12.4 Å². The molecule has 74 valence electrons. The van der Waals surface area contributed by atoms with E-state index in [0.29, 0.717) is 22.9 Å². The highest BCUT2D eigenvalue weighted by atomic mass is 15.2. The summed E-state index contributed by atoms with van der Waals surface area (Å²) in [4.78, 5) is 19.1. The fraction of sp³-hybridized carbons (Fsp3) is 0. The minimum Gasteiger partial charge on any atom is -0.384 e. The van der Waals surface area contributed by atoms with Crippen molar-refractivity contribution < 1.29 is 0 Å². The SMILES string of the molecule is Nc1cnc(-n2cnc3cncnc32)[nH]1. The Labute approximate surface area is 84.0 Å². The standard InChI is InChI=1S/C8H7N7/c9-6-2-11-8(14-6)15-4-13-5-1-10-3-12-7(5)15/h1-4H,9H2,(H,11,14). The second-order valence-electron chi connectivity index (χ2n) is 3.01. The minimum absolute atomic E-state index is 0.501. The first-order valence-electron chi connectivity index (χ1n) is 4.28. The highest BCUT2D eigenvalue weighted by Crippen LogP contribution is 2.12. The molecule has 0 aliphatic rings. The first-order valence-corrected chi connectivity index (χ1v) is 4.28. The molecular formula is C8H7N7. The van der Waals surface area contributed by atoms with Gasteiger partial charge in [-0.05, 0) is 0 Å². The molecule has 0 amide bonds. The smallest absolute Gasteiger partial charge is 0.215 e. The predicted octanol–water partition coefficient (Wildman–Crippen LogP) is 0.121. The lowest BCUT2D eigenvalue weighted by molar-refractivity contribution is 0.971. The lowest BCUT2D eigenvalue weighted by Crippen LogP contribution is -1.96. The van der Waals surface area contributed by atoms with Gasteiger partial charge in [-0.2, -0.15) is 0 Å². The number of imidazole rings is 2. The van der Waals surface area contributed by atoms with Crippen molar-refractivity contribution in [1.82, 2.24) is 29.5 Å². The first-order chi connectivity index (χ1) is 7.34. The number of hydrogen-bond donors (Lipinski definition) is 2. The van der Waals surface area contributed by atoms with Crippen LogP contribution < -0.4 is 5.73 Å². The summed E-state index contributed by atoms with van der Waals surface area (Å²) in [6.07, 6.45) is 6.28. The average molecular weight is 201 g/mol. The molecule has 3 N–H and O–H groups in total. The van der Waals surface area contributed by atoms with E-state index >= 15 is 0 Å². The zero-order chi connectivity index (χ0) is 10.3. The monoisotopic (exact) mass is 201 g/mol. The average Bonchev–Trinajstić information content (AvgIpc) is 2.83. The van der Waals surface area contributed by atoms with Gasteiger partial charge in [0.2, 0.25) is 5.95 Å². The number of aromatic amines is 1. The molecule has 0 aromatic carbocycles. The van der Waals surface area contributed by atoms with Crippen molar-refractivity contribution in [2.45, 2.75) is 0 Å². The molecule has 3 aromatic rings. The Morgan fingerprint density at radius 2 is 2.13 bits per heavy atom. The number of nitrogens with zero attached hydrogens (tertiary/aromatic N) is 5. The van der Waals surface area contributed by atoms with Crippen LogP contribution in [0.3, 0.4) is 0 Å². The molecule has 0 spiro atoms. The van der Waals surface area contributed by atoms with Crippen molar-refractivity contribution in [1.29, 1.82) is 0 Å². The molecule has 0 fully saturated rings. The molecule has 0 radical (unpaired) electrons. The van der Waals surface area contributed by atoms with Gasteiger partial charge in [-0.25, -0.2) is 19.9 Å². The molecule has 0 saturated heterocycles. The van der Waals surface area contributed by atoms with E-state index in [2.05, 4.69) is 24.9 Å². The van der Waals surface area contributed by atoms with Crippen LogP contribution >= 0.6 is 0 Å². The second kappa shape index (κ2) is 2.77. The normalized spacial score (nSPS) is 10.9. The van der Waals surface area contributed by atoms with Crippen LogP contribution in [0.4, 0.5) is 5.82 Å². The second-order valence-corrected chi connectivity index (χ2v) is 3.01. The van der Waals surface area contributed by atoms with Gasteiger partial charge >= 0.3 is 0 Å². The van der Waals surface area contributed by atoms with Gasteiger partial charge in [-0.15, -0.1) is 0 Å². The van der Waals surface area contributed by atoms with Gasteiger partial charge in [-0.3, -0.25) is 4.57 Å². The maximum Gasteiger partial charge on any atom is 0.215 e. The Kier molecular flexibility index (Phi) is 1.46. The molecule has 3 aromatic heterocycles.